The van der Waals surface area contributed by atoms with Crippen LogP contribution in [0, 0.1) is 22.7 Å². The Morgan fingerprint density at radius 2 is 1.68 bits per heavy atom. The first-order valence-corrected chi connectivity index (χ1v) is 13.6. The van der Waals surface area contributed by atoms with Crippen molar-refractivity contribution in [1.82, 2.24) is 0 Å². The van der Waals surface area contributed by atoms with Crippen LogP contribution in [0.25, 0.3) is 0 Å². The van der Waals surface area contributed by atoms with Crippen molar-refractivity contribution in [2.75, 3.05) is 13.2 Å². The Bertz CT molecular complexity index is 1100. The molecule has 0 aromatic carbocycles. The minimum Gasteiger partial charge on any atom is -0.460 e. The van der Waals surface area contributed by atoms with Gasteiger partial charge in [0.1, 0.15) is 53.9 Å². The topological polar surface area (TPSA) is 236 Å². The average molecular weight is 575 g/mol. The normalized spacial score (nSPS) is 60.9. The second-order valence-corrected chi connectivity index (χ2v) is 12.8. The summed E-state index contributed by atoms with van der Waals surface area (Å²) in [4.78, 5) is 12.8. The Morgan fingerprint density at radius 3 is 2.33 bits per heavy atom. The zero-order valence-corrected chi connectivity index (χ0v) is 22.3. The van der Waals surface area contributed by atoms with Crippen LogP contribution in [0.2, 0.25) is 0 Å². The summed E-state index contributed by atoms with van der Waals surface area (Å²) in [5, 5.41) is 98.5. The van der Waals surface area contributed by atoms with Gasteiger partial charge in [0.15, 0.2) is 12.4 Å². The first kappa shape index (κ1) is 28.8. The molecular formula is C26H38O14. The fourth-order valence-electron chi connectivity index (χ4n) is 9.15. The molecule has 0 aromatic heterocycles. The third kappa shape index (κ3) is 3.06. The van der Waals surface area contributed by atoms with Gasteiger partial charge in [-0.15, -0.1) is 0 Å². The SMILES string of the molecule is CC1=CC(OC2OC(CO)C(O)C(O)C2O)C(O)C2(C)C1CC1OC(=O)C(O)C3(O)C4(C)OCC13C2C(O)C4O. The van der Waals surface area contributed by atoms with Crippen molar-refractivity contribution < 1.29 is 69.7 Å². The number of aliphatic hydroxyl groups excluding tert-OH is 8. The predicted molar refractivity (Wildman–Crippen MR) is 128 cm³/mol. The van der Waals surface area contributed by atoms with Crippen LogP contribution in [0.15, 0.2) is 11.6 Å². The maximum atomic E-state index is 12.8. The van der Waals surface area contributed by atoms with Gasteiger partial charge in [0.25, 0.3) is 0 Å². The molecule has 3 aliphatic heterocycles. The number of rotatable bonds is 3. The van der Waals surface area contributed by atoms with E-state index in [1.165, 1.54) is 6.92 Å². The van der Waals surface area contributed by atoms with Crippen LogP contribution in [0.5, 0.6) is 0 Å². The lowest BCUT2D eigenvalue weighted by atomic mass is 9.36. The Morgan fingerprint density at radius 1 is 1.00 bits per heavy atom. The number of fused-ring (bicyclic) bond motifs is 2. The van der Waals surface area contributed by atoms with Crippen LogP contribution in [-0.2, 0) is 23.7 Å². The lowest BCUT2D eigenvalue weighted by molar-refractivity contribution is -0.361. The van der Waals surface area contributed by atoms with E-state index in [0.717, 1.165) is 0 Å². The minimum atomic E-state index is -2.38. The largest absolute Gasteiger partial charge is 0.460 e. The number of hydrogen-bond acceptors (Lipinski definition) is 14. The molecule has 40 heavy (non-hydrogen) atoms. The highest BCUT2D eigenvalue weighted by Gasteiger charge is 2.88. The van der Waals surface area contributed by atoms with E-state index < -0.39 is 114 Å². The van der Waals surface area contributed by atoms with Gasteiger partial charge in [-0.25, -0.2) is 4.79 Å². The summed E-state index contributed by atoms with van der Waals surface area (Å²) in [6, 6.07) is 0. The molecule has 1 spiro atoms. The molecule has 2 saturated carbocycles. The predicted octanol–water partition coefficient (Wildman–Crippen LogP) is -4.34. The van der Waals surface area contributed by atoms with Crippen molar-refractivity contribution in [3.05, 3.63) is 11.6 Å². The van der Waals surface area contributed by atoms with Crippen LogP contribution >= 0.6 is 0 Å². The monoisotopic (exact) mass is 574 g/mol. The van der Waals surface area contributed by atoms with Gasteiger partial charge in [-0.3, -0.25) is 0 Å². The summed E-state index contributed by atoms with van der Waals surface area (Å²) < 4.78 is 23.0. The fraction of sp³-hybridized carbons (Fsp3) is 0.885. The van der Waals surface area contributed by atoms with E-state index in [0.29, 0.717) is 5.57 Å². The maximum absolute atomic E-state index is 12.8. The number of aliphatic hydroxyl groups is 9. The molecule has 3 aliphatic carbocycles. The van der Waals surface area contributed by atoms with Crippen LogP contribution in [0.1, 0.15) is 27.2 Å². The second kappa shape index (κ2) is 8.88. The number of esters is 1. The van der Waals surface area contributed by atoms with Crippen molar-refractivity contribution in [1.29, 1.82) is 0 Å². The van der Waals surface area contributed by atoms with Gasteiger partial charge in [-0.2, -0.15) is 0 Å². The van der Waals surface area contributed by atoms with Crippen molar-refractivity contribution in [2.45, 2.75) is 106 Å². The summed E-state index contributed by atoms with van der Waals surface area (Å²) in [6.45, 7) is 3.75. The summed E-state index contributed by atoms with van der Waals surface area (Å²) in [5.41, 5.74) is -6.66. The van der Waals surface area contributed by atoms with Crippen molar-refractivity contribution in [2.24, 2.45) is 22.7 Å². The Labute approximate surface area is 229 Å². The number of carbonyl (C=O) groups is 1. The number of allylic oxidation sites excluding steroid dienone is 1. The molecule has 0 amide bonds. The smallest absolute Gasteiger partial charge is 0.338 e. The van der Waals surface area contributed by atoms with Crippen molar-refractivity contribution in [3.8, 4) is 0 Å². The number of carbonyl (C=O) groups excluding carboxylic acids is 1. The number of hydrogen-bond donors (Lipinski definition) is 9. The molecule has 226 valence electrons. The summed E-state index contributed by atoms with van der Waals surface area (Å²) in [7, 11) is 0. The summed E-state index contributed by atoms with van der Waals surface area (Å²) in [5.74, 6) is -2.83. The molecule has 17 unspecified atom stereocenters. The Balaban J connectivity index is 1.44. The third-order valence-corrected chi connectivity index (χ3v) is 11.2. The highest BCUT2D eigenvalue weighted by atomic mass is 16.7. The van der Waals surface area contributed by atoms with Gasteiger partial charge < -0.3 is 64.9 Å². The van der Waals surface area contributed by atoms with E-state index in [4.69, 9.17) is 18.9 Å². The maximum Gasteiger partial charge on any atom is 0.338 e. The van der Waals surface area contributed by atoms with E-state index in [2.05, 4.69) is 0 Å². The van der Waals surface area contributed by atoms with Crippen LogP contribution < -0.4 is 0 Å². The Kier molecular flexibility index (Phi) is 6.40. The van der Waals surface area contributed by atoms with Gasteiger partial charge in [0, 0.05) is 11.3 Å². The quantitative estimate of drug-likeness (QED) is 0.114. The van der Waals surface area contributed by atoms with Gasteiger partial charge in [0.05, 0.1) is 30.8 Å². The van der Waals surface area contributed by atoms with Crippen LogP contribution in [0.3, 0.4) is 0 Å². The fourth-order valence-corrected chi connectivity index (χ4v) is 9.15. The second-order valence-electron chi connectivity index (χ2n) is 12.8. The van der Waals surface area contributed by atoms with E-state index in [-0.39, 0.29) is 13.0 Å². The highest BCUT2D eigenvalue weighted by Crippen LogP contribution is 2.73. The lowest BCUT2D eigenvalue weighted by Crippen LogP contribution is -2.86. The molecule has 2 bridgehead atoms. The lowest BCUT2D eigenvalue weighted by Gasteiger charge is -2.71. The molecule has 6 aliphatic rings. The van der Waals surface area contributed by atoms with Crippen LogP contribution in [-0.4, -0.2) is 144 Å². The highest BCUT2D eigenvalue weighted by molar-refractivity contribution is 5.79. The molecule has 3 heterocycles. The van der Waals surface area contributed by atoms with Gasteiger partial charge in [-0.1, -0.05) is 18.6 Å². The van der Waals surface area contributed by atoms with E-state index >= 15 is 0 Å². The molecule has 14 heteroatoms. The molecule has 14 nitrogen and oxygen atoms in total. The average Bonchev–Trinajstić information content (AvgIpc) is 3.10. The van der Waals surface area contributed by atoms with Gasteiger partial charge >= 0.3 is 5.97 Å². The van der Waals surface area contributed by atoms with Gasteiger partial charge in [0.2, 0.25) is 0 Å². The molecule has 17 atom stereocenters. The Hall–Kier alpha value is -1.27. The standard InChI is InChI=1S/C26H38O14/c1-8-4-10(38-22-15(30)14(29)13(28)11(6-27)39-22)18(32)23(2)9(8)5-12-25-7-37-24(3,19(33)16(31)17(23)25)26(25,36)20(34)21(35)40-12/h4,9-20,22,27-34,36H,5-7H2,1-3H3. The first-order valence-electron chi connectivity index (χ1n) is 13.6. The van der Waals surface area contributed by atoms with Crippen molar-refractivity contribution in [3.63, 3.8) is 0 Å². The summed E-state index contributed by atoms with van der Waals surface area (Å²) in [6.07, 6.45) is -15.4. The summed E-state index contributed by atoms with van der Waals surface area (Å²) >= 11 is 0. The first-order chi connectivity index (χ1) is 18.6. The van der Waals surface area contributed by atoms with E-state index in [1.807, 2.05) is 0 Å². The molecule has 6 rings (SSSR count). The van der Waals surface area contributed by atoms with E-state index in [1.54, 1.807) is 19.9 Å². The molecule has 9 N–H and O–H groups in total. The van der Waals surface area contributed by atoms with Gasteiger partial charge in [-0.05, 0) is 26.2 Å². The minimum absolute atomic E-state index is 0.0994. The third-order valence-electron chi connectivity index (χ3n) is 11.2. The molecule has 0 radical (unpaired) electrons. The zero-order chi connectivity index (χ0) is 29.3. The zero-order valence-electron chi connectivity index (χ0n) is 22.3. The number of ether oxygens (including phenoxy) is 4. The van der Waals surface area contributed by atoms with Crippen molar-refractivity contribution >= 4 is 5.97 Å². The molecule has 0 aromatic rings. The molecular weight excluding hydrogens is 536 g/mol. The molecule has 5 fully saturated rings. The van der Waals surface area contributed by atoms with E-state index in [9.17, 15) is 50.8 Å². The van der Waals surface area contributed by atoms with Crippen LogP contribution in [0.4, 0.5) is 0 Å². The molecule has 3 saturated heterocycles.